The molecule has 1 amide bonds. The van der Waals surface area contributed by atoms with Crippen LogP contribution in [0.1, 0.15) is 10.4 Å². The van der Waals surface area contributed by atoms with Gasteiger partial charge in [-0.15, -0.1) is 0 Å². The summed E-state index contributed by atoms with van der Waals surface area (Å²) in [4.78, 5) is 15.6. The van der Waals surface area contributed by atoms with Crippen molar-refractivity contribution in [2.24, 2.45) is 0 Å². The van der Waals surface area contributed by atoms with Gasteiger partial charge in [-0.3, -0.25) is 9.78 Å². The van der Waals surface area contributed by atoms with Crippen molar-refractivity contribution in [3.8, 4) is 5.75 Å². The molecule has 0 spiro atoms. The number of aromatic nitrogens is 1. The number of nitrogens with one attached hydrogen (secondary N) is 1. The van der Waals surface area contributed by atoms with Crippen LogP contribution in [0.5, 0.6) is 5.75 Å². The molecule has 2 rings (SSSR count). The summed E-state index contributed by atoms with van der Waals surface area (Å²) in [5.74, 6) is -0.511. The number of aromatic hydroxyl groups is 1. The molecule has 0 aliphatic heterocycles. The maximum Gasteiger partial charge on any atom is 0.259 e. The normalized spacial score (nSPS) is 10.1. The molecule has 0 atom stereocenters. The predicted octanol–water partition coefficient (Wildman–Crippen LogP) is 3.41. The molecule has 0 fully saturated rings. The number of anilines is 1. The lowest BCUT2D eigenvalue weighted by Crippen LogP contribution is -2.12. The fourth-order valence-corrected chi connectivity index (χ4v) is 2.06. The highest BCUT2D eigenvalue weighted by atomic mass is 127. The Kier molecular flexibility index (Phi) is 4.18. The number of pyridine rings is 1. The summed E-state index contributed by atoms with van der Waals surface area (Å²) >= 11 is 5.57. The molecule has 1 heterocycles. The van der Waals surface area contributed by atoms with E-state index in [4.69, 9.17) is 0 Å². The zero-order valence-corrected chi connectivity index (χ0v) is 12.8. The second-order valence-electron chi connectivity index (χ2n) is 3.48. The summed E-state index contributed by atoms with van der Waals surface area (Å²) in [6.45, 7) is 0. The number of hydrogen-bond acceptors (Lipinski definition) is 3. The second kappa shape index (κ2) is 5.66. The Bertz CT molecular complexity index is 604. The molecule has 0 aliphatic rings. The van der Waals surface area contributed by atoms with Gasteiger partial charge in [-0.25, -0.2) is 0 Å². The molecule has 0 saturated heterocycles. The lowest BCUT2D eigenvalue weighted by molar-refractivity contribution is 0.102. The van der Waals surface area contributed by atoms with E-state index < -0.39 is 0 Å². The lowest BCUT2D eigenvalue weighted by atomic mass is 10.2. The SMILES string of the molecule is O=C(Nc1ccc(I)c(Br)c1)c1ccncc1O. The van der Waals surface area contributed by atoms with Gasteiger partial charge in [0.25, 0.3) is 5.91 Å². The van der Waals surface area contributed by atoms with E-state index in [2.05, 4.69) is 48.8 Å². The second-order valence-corrected chi connectivity index (χ2v) is 5.49. The van der Waals surface area contributed by atoms with Crippen LogP contribution in [-0.4, -0.2) is 16.0 Å². The van der Waals surface area contributed by atoms with Crippen LogP contribution in [-0.2, 0) is 0 Å². The average molecular weight is 419 g/mol. The summed E-state index contributed by atoms with van der Waals surface area (Å²) in [6.07, 6.45) is 2.69. The van der Waals surface area contributed by atoms with Gasteiger partial charge < -0.3 is 10.4 Å². The molecule has 2 N–H and O–H groups in total. The molecule has 92 valence electrons. The first-order valence-electron chi connectivity index (χ1n) is 4.97. The third-order valence-electron chi connectivity index (χ3n) is 2.22. The number of benzene rings is 1. The molecule has 0 saturated carbocycles. The summed E-state index contributed by atoms with van der Waals surface area (Å²) in [7, 11) is 0. The van der Waals surface area contributed by atoms with E-state index in [0.717, 1.165) is 8.04 Å². The zero-order chi connectivity index (χ0) is 13.1. The van der Waals surface area contributed by atoms with Crippen LogP contribution >= 0.6 is 38.5 Å². The Morgan fingerprint density at radius 3 is 2.83 bits per heavy atom. The average Bonchev–Trinajstić information content (AvgIpc) is 2.34. The molecule has 4 nitrogen and oxygen atoms in total. The molecule has 0 radical (unpaired) electrons. The van der Waals surface area contributed by atoms with Gasteiger partial charge in [-0.2, -0.15) is 0 Å². The number of halogens is 2. The summed E-state index contributed by atoms with van der Waals surface area (Å²) in [5, 5.41) is 12.2. The van der Waals surface area contributed by atoms with Crippen LogP contribution in [0, 0.1) is 3.57 Å². The van der Waals surface area contributed by atoms with Gasteiger partial charge in [-0.1, -0.05) is 0 Å². The van der Waals surface area contributed by atoms with Gasteiger partial charge in [0, 0.05) is 19.9 Å². The monoisotopic (exact) mass is 418 g/mol. The minimum absolute atomic E-state index is 0.139. The Labute approximate surface area is 126 Å². The fourth-order valence-electron chi connectivity index (χ4n) is 1.35. The molecule has 6 heteroatoms. The molecule has 1 aromatic carbocycles. The predicted molar refractivity (Wildman–Crippen MR) is 80.7 cm³/mol. The number of carbonyl (C=O) groups is 1. The number of amides is 1. The number of rotatable bonds is 2. The standard InChI is InChI=1S/C12H8BrIN2O2/c13-9-5-7(1-2-10(9)14)16-12(18)8-3-4-15-6-11(8)17/h1-6,17H,(H,16,18). The Balaban J connectivity index is 2.22. The molecule has 18 heavy (non-hydrogen) atoms. The highest BCUT2D eigenvalue weighted by Crippen LogP contribution is 2.24. The van der Waals surface area contributed by atoms with Gasteiger partial charge in [0.1, 0.15) is 5.75 Å². The van der Waals surface area contributed by atoms with Crippen LogP contribution in [0.2, 0.25) is 0 Å². The van der Waals surface area contributed by atoms with Crippen LogP contribution in [0.4, 0.5) is 5.69 Å². The quantitative estimate of drug-likeness (QED) is 0.734. The van der Waals surface area contributed by atoms with E-state index in [0.29, 0.717) is 5.69 Å². The third-order valence-corrected chi connectivity index (χ3v) is 4.56. The van der Waals surface area contributed by atoms with Crippen LogP contribution in [0.3, 0.4) is 0 Å². The first-order valence-corrected chi connectivity index (χ1v) is 6.84. The van der Waals surface area contributed by atoms with E-state index in [-0.39, 0.29) is 17.2 Å². The number of carbonyl (C=O) groups excluding carboxylic acids is 1. The molecule has 0 aliphatic carbocycles. The number of hydrogen-bond donors (Lipinski definition) is 2. The van der Waals surface area contributed by atoms with E-state index in [1.165, 1.54) is 18.5 Å². The smallest absolute Gasteiger partial charge is 0.259 e. The van der Waals surface area contributed by atoms with Gasteiger partial charge in [-0.05, 0) is 62.8 Å². The van der Waals surface area contributed by atoms with Crippen LogP contribution in [0.15, 0.2) is 41.1 Å². The van der Waals surface area contributed by atoms with Crippen molar-refractivity contribution in [1.29, 1.82) is 0 Å². The first kappa shape index (κ1) is 13.3. The fraction of sp³-hybridized carbons (Fsp3) is 0. The molecule has 0 unspecified atom stereocenters. The van der Waals surface area contributed by atoms with E-state index in [1.54, 1.807) is 12.1 Å². The molecule has 2 aromatic rings. The largest absolute Gasteiger partial charge is 0.505 e. The maximum atomic E-state index is 11.9. The molecule has 0 bridgehead atoms. The molecular formula is C12H8BrIN2O2. The van der Waals surface area contributed by atoms with Gasteiger partial charge in [0.15, 0.2) is 0 Å². The minimum Gasteiger partial charge on any atom is -0.505 e. The lowest BCUT2D eigenvalue weighted by Gasteiger charge is -2.07. The van der Waals surface area contributed by atoms with Crippen molar-refractivity contribution in [3.05, 3.63) is 50.3 Å². The van der Waals surface area contributed by atoms with Crippen LogP contribution in [0.25, 0.3) is 0 Å². The van der Waals surface area contributed by atoms with Gasteiger partial charge in [0.2, 0.25) is 0 Å². The van der Waals surface area contributed by atoms with Gasteiger partial charge >= 0.3 is 0 Å². The topological polar surface area (TPSA) is 62.2 Å². The van der Waals surface area contributed by atoms with Crippen molar-refractivity contribution in [2.45, 2.75) is 0 Å². The zero-order valence-electron chi connectivity index (χ0n) is 9.02. The highest BCUT2D eigenvalue weighted by Gasteiger charge is 2.11. The van der Waals surface area contributed by atoms with Crippen molar-refractivity contribution in [3.63, 3.8) is 0 Å². The maximum absolute atomic E-state index is 11.9. The summed E-state index contributed by atoms with van der Waals surface area (Å²) in [6, 6.07) is 6.94. The highest BCUT2D eigenvalue weighted by molar-refractivity contribution is 14.1. The van der Waals surface area contributed by atoms with E-state index >= 15 is 0 Å². The van der Waals surface area contributed by atoms with Crippen molar-refractivity contribution in [2.75, 3.05) is 5.32 Å². The number of nitrogens with zero attached hydrogens (tertiary/aromatic N) is 1. The Morgan fingerprint density at radius 2 is 2.17 bits per heavy atom. The molecule has 1 aromatic heterocycles. The minimum atomic E-state index is -0.372. The third kappa shape index (κ3) is 2.99. The van der Waals surface area contributed by atoms with Crippen molar-refractivity contribution in [1.82, 2.24) is 4.98 Å². The molecular weight excluding hydrogens is 411 g/mol. The Morgan fingerprint density at radius 1 is 1.39 bits per heavy atom. The van der Waals surface area contributed by atoms with E-state index in [9.17, 15) is 9.90 Å². The summed E-state index contributed by atoms with van der Waals surface area (Å²) < 4.78 is 1.96. The van der Waals surface area contributed by atoms with Crippen LogP contribution < -0.4 is 5.32 Å². The Hall–Kier alpha value is -1.15. The van der Waals surface area contributed by atoms with Crippen molar-refractivity contribution < 1.29 is 9.90 Å². The van der Waals surface area contributed by atoms with Crippen molar-refractivity contribution >= 4 is 50.1 Å². The van der Waals surface area contributed by atoms with Gasteiger partial charge in [0.05, 0.1) is 11.8 Å². The summed E-state index contributed by atoms with van der Waals surface area (Å²) in [5.41, 5.74) is 0.850. The van der Waals surface area contributed by atoms with E-state index in [1.807, 2.05) is 6.07 Å². The first-order chi connectivity index (χ1) is 8.58.